The van der Waals surface area contributed by atoms with E-state index < -0.39 is 0 Å². The molecule has 0 aliphatic heterocycles. The smallest absolute Gasteiger partial charge is 0.0161 e. The molecule has 0 saturated heterocycles. The molecule has 0 atom stereocenters. The molecule has 0 unspecified atom stereocenters. The molecule has 14 heavy (non-hydrogen) atoms. The third-order valence-corrected chi connectivity index (χ3v) is 3.41. The lowest BCUT2D eigenvalue weighted by Gasteiger charge is -2.31. The van der Waals surface area contributed by atoms with Crippen LogP contribution in [-0.4, -0.2) is 12.6 Å². The first-order valence-corrected chi connectivity index (χ1v) is 5.97. The van der Waals surface area contributed by atoms with E-state index in [0.717, 1.165) is 24.4 Å². The maximum Gasteiger partial charge on any atom is 0.0161 e. The minimum atomic E-state index is 0.752. The third kappa shape index (κ3) is 3.83. The lowest BCUT2D eigenvalue weighted by molar-refractivity contribution is 0.241. The van der Waals surface area contributed by atoms with Crippen LogP contribution in [0.5, 0.6) is 0 Å². The molecule has 0 aromatic heterocycles. The summed E-state index contributed by atoms with van der Waals surface area (Å²) < 4.78 is 0. The Morgan fingerprint density at radius 3 is 2.29 bits per heavy atom. The van der Waals surface area contributed by atoms with E-state index in [9.17, 15) is 0 Å². The van der Waals surface area contributed by atoms with Gasteiger partial charge in [0, 0.05) is 12.6 Å². The molecule has 1 nitrogen and oxygen atoms in total. The van der Waals surface area contributed by atoms with Crippen molar-refractivity contribution in [3.05, 3.63) is 12.2 Å². The highest BCUT2D eigenvalue weighted by Gasteiger charge is 2.22. The molecule has 1 fully saturated rings. The zero-order valence-corrected chi connectivity index (χ0v) is 9.97. The van der Waals surface area contributed by atoms with Crippen molar-refractivity contribution in [2.24, 2.45) is 11.8 Å². The highest BCUT2D eigenvalue weighted by Crippen LogP contribution is 2.29. The average molecular weight is 195 g/mol. The average Bonchev–Trinajstić information content (AvgIpc) is 2.15. The highest BCUT2D eigenvalue weighted by molar-refractivity contribution is 4.92. The summed E-state index contributed by atoms with van der Waals surface area (Å²) in [6.45, 7) is 11.7. The molecule has 82 valence electrons. The summed E-state index contributed by atoms with van der Waals surface area (Å²) in [6.07, 6.45) is 5.53. The van der Waals surface area contributed by atoms with Crippen molar-refractivity contribution in [2.75, 3.05) is 6.54 Å². The Hall–Kier alpha value is -0.300. The van der Waals surface area contributed by atoms with E-state index in [2.05, 4.69) is 32.7 Å². The van der Waals surface area contributed by atoms with E-state index >= 15 is 0 Å². The van der Waals surface area contributed by atoms with Gasteiger partial charge in [-0.3, -0.25) is 0 Å². The fourth-order valence-corrected chi connectivity index (χ4v) is 2.31. The Balaban J connectivity index is 2.19. The molecule has 0 amide bonds. The largest absolute Gasteiger partial charge is 0.310 e. The molecule has 0 aromatic carbocycles. The highest BCUT2D eigenvalue weighted by atomic mass is 14.9. The molecule has 0 spiro atoms. The SMILES string of the molecule is C=C(C)CNC1CCC(C(C)C)CC1. The second kappa shape index (κ2) is 5.55. The molecule has 0 aromatic rings. The van der Waals surface area contributed by atoms with Gasteiger partial charge in [-0.15, -0.1) is 0 Å². The van der Waals surface area contributed by atoms with Gasteiger partial charge in [-0.1, -0.05) is 26.0 Å². The maximum absolute atomic E-state index is 3.92. The van der Waals surface area contributed by atoms with Crippen molar-refractivity contribution >= 4 is 0 Å². The molecule has 1 heteroatoms. The van der Waals surface area contributed by atoms with Crippen molar-refractivity contribution < 1.29 is 0 Å². The maximum atomic E-state index is 3.92. The van der Waals surface area contributed by atoms with E-state index in [0.29, 0.717) is 0 Å². The first-order valence-electron chi connectivity index (χ1n) is 5.97. The van der Waals surface area contributed by atoms with Crippen LogP contribution in [0.3, 0.4) is 0 Å². The van der Waals surface area contributed by atoms with Crippen LogP contribution in [0.2, 0.25) is 0 Å². The van der Waals surface area contributed by atoms with E-state index in [1.54, 1.807) is 0 Å². The Morgan fingerprint density at radius 2 is 1.86 bits per heavy atom. The Bertz CT molecular complexity index is 176. The van der Waals surface area contributed by atoms with E-state index in [4.69, 9.17) is 0 Å². The van der Waals surface area contributed by atoms with E-state index in [1.165, 1.54) is 31.3 Å². The molecular formula is C13H25N. The van der Waals surface area contributed by atoms with Crippen molar-refractivity contribution in [1.82, 2.24) is 5.32 Å². The lowest BCUT2D eigenvalue weighted by Crippen LogP contribution is -2.34. The van der Waals surface area contributed by atoms with Gasteiger partial charge in [0.25, 0.3) is 0 Å². The Morgan fingerprint density at radius 1 is 1.29 bits per heavy atom. The van der Waals surface area contributed by atoms with Crippen LogP contribution >= 0.6 is 0 Å². The summed E-state index contributed by atoms with van der Waals surface area (Å²) in [5.74, 6) is 1.84. The van der Waals surface area contributed by atoms with Crippen LogP contribution in [-0.2, 0) is 0 Å². The monoisotopic (exact) mass is 195 g/mol. The van der Waals surface area contributed by atoms with Gasteiger partial charge >= 0.3 is 0 Å². The van der Waals surface area contributed by atoms with Gasteiger partial charge in [-0.25, -0.2) is 0 Å². The molecule has 1 saturated carbocycles. The van der Waals surface area contributed by atoms with E-state index in [1.807, 2.05) is 0 Å². The summed E-state index contributed by atoms with van der Waals surface area (Å²) in [6, 6.07) is 0.752. The number of hydrogen-bond acceptors (Lipinski definition) is 1. The summed E-state index contributed by atoms with van der Waals surface area (Å²) >= 11 is 0. The van der Waals surface area contributed by atoms with Crippen LogP contribution in [0.4, 0.5) is 0 Å². The third-order valence-electron chi connectivity index (χ3n) is 3.41. The number of rotatable bonds is 4. The summed E-state index contributed by atoms with van der Waals surface area (Å²) in [5.41, 5.74) is 1.25. The number of nitrogens with one attached hydrogen (secondary N) is 1. The normalized spacial score (nSPS) is 28.0. The Labute approximate surface area is 89.0 Å². The van der Waals surface area contributed by atoms with Crippen LogP contribution in [0.25, 0.3) is 0 Å². The molecule has 0 heterocycles. The molecule has 1 aliphatic rings. The van der Waals surface area contributed by atoms with Crippen molar-refractivity contribution in [3.63, 3.8) is 0 Å². The minimum Gasteiger partial charge on any atom is -0.310 e. The quantitative estimate of drug-likeness (QED) is 0.678. The van der Waals surface area contributed by atoms with Crippen LogP contribution in [0.15, 0.2) is 12.2 Å². The predicted molar refractivity (Wildman–Crippen MR) is 63.4 cm³/mol. The van der Waals surface area contributed by atoms with Gasteiger partial charge in [0.1, 0.15) is 0 Å². The van der Waals surface area contributed by atoms with Gasteiger partial charge in [0.2, 0.25) is 0 Å². The number of hydrogen-bond donors (Lipinski definition) is 1. The summed E-state index contributed by atoms with van der Waals surface area (Å²) in [7, 11) is 0. The Kier molecular flexibility index (Phi) is 4.67. The van der Waals surface area contributed by atoms with Gasteiger partial charge in [-0.2, -0.15) is 0 Å². The van der Waals surface area contributed by atoms with E-state index in [-0.39, 0.29) is 0 Å². The molecular weight excluding hydrogens is 170 g/mol. The molecule has 1 rings (SSSR count). The van der Waals surface area contributed by atoms with Crippen molar-refractivity contribution in [2.45, 2.75) is 52.5 Å². The molecule has 1 N–H and O–H groups in total. The second-order valence-corrected chi connectivity index (χ2v) is 5.19. The second-order valence-electron chi connectivity index (χ2n) is 5.19. The molecule has 1 aliphatic carbocycles. The fraction of sp³-hybridized carbons (Fsp3) is 0.846. The van der Waals surface area contributed by atoms with Crippen LogP contribution < -0.4 is 5.32 Å². The standard InChI is InChI=1S/C13H25N/c1-10(2)9-14-13-7-5-12(6-8-13)11(3)4/h11-14H,1,5-9H2,2-4H3. The minimum absolute atomic E-state index is 0.752. The zero-order chi connectivity index (χ0) is 10.6. The zero-order valence-electron chi connectivity index (χ0n) is 9.97. The van der Waals surface area contributed by atoms with Gasteiger partial charge in [0.15, 0.2) is 0 Å². The molecule has 0 bridgehead atoms. The fourth-order valence-electron chi connectivity index (χ4n) is 2.31. The van der Waals surface area contributed by atoms with Crippen molar-refractivity contribution in [1.29, 1.82) is 0 Å². The van der Waals surface area contributed by atoms with Gasteiger partial charge < -0.3 is 5.32 Å². The van der Waals surface area contributed by atoms with Gasteiger partial charge in [-0.05, 0) is 44.4 Å². The molecule has 0 radical (unpaired) electrons. The topological polar surface area (TPSA) is 12.0 Å². The lowest BCUT2D eigenvalue weighted by atomic mass is 9.80. The van der Waals surface area contributed by atoms with Gasteiger partial charge in [0.05, 0.1) is 0 Å². The van der Waals surface area contributed by atoms with Crippen LogP contribution in [0, 0.1) is 11.8 Å². The van der Waals surface area contributed by atoms with Crippen molar-refractivity contribution in [3.8, 4) is 0 Å². The first kappa shape index (κ1) is 11.8. The van der Waals surface area contributed by atoms with Crippen LogP contribution in [0.1, 0.15) is 46.5 Å². The summed E-state index contributed by atoms with van der Waals surface area (Å²) in [4.78, 5) is 0. The first-order chi connectivity index (χ1) is 6.59. The summed E-state index contributed by atoms with van der Waals surface area (Å²) in [5, 5.41) is 3.58. The predicted octanol–water partition coefficient (Wildman–Crippen LogP) is 3.37.